The van der Waals surface area contributed by atoms with Crippen molar-refractivity contribution in [1.82, 2.24) is 5.32 Å². The summed E-state index contributed by atoms with van der Waals surface area (Å²) in [5, 5.41) is 5.21. The van der Waals surface area contributed by atoms with Crippen molar-refractivity contribution in [3.8, 4) is 0 Å². The molecule has 0 radical (unpaired) electrons. The normalized spacial score (nSPS) is 27.5. The van der Waals surface area contributed by atoms with Gasteiger partial charge in [-0.05, 0) is 43.4 Å². The third-order valence-corrected chi connectivity index (χ3v) is 4.59. The van der Waals surface area contributed by atoms with Crippen molar-refractivity contribution < 1.29 is 4.74 Å². The van der Waals surface area contributed by atoms with Crippen LogP contribution in [0.25, 0.3) is 0 Å². The van der Waals surface area contributed by atoms with E-state index in [-0.39, 0.29) is 0 Å². The van der Waals surface area contributed by atoms with Gasteiger partial charge in [0.25, 0.3) is 0 Å². The van der Waals surface area contributed by atoms with Gasteiger partial charge < -0.3 is 10.1 Å². The van der Waals surface area contributed by atoms with Crippen LogP contribution in [-0.2, 0) is 11.2 Å². The van der Waals surface area contributed by atoms with Crippen molar-refractivity contribution in [3.63, 3.8) is 0 Å². The van der Waals surface area contributed by atoms with E-state index in [1.165, 1.54) is 18.4 Å². The summed E-state index contributed by atoms with van der Waals surface area (Å²) >= 11 is 12.2. The van der Waals surface area contributed by atoms with E-state index in [1.54, 1.807) is 0 Å². The summed E-state index contributed by atoms with van der Waals surface area (Å²) in [5.74, 6) is 0.507. The van der Waals surface area contributed by atoms with Gasteiger partial charge in [0.2, 0.25) is 0 Å². The predicted octanol–water partition coefficient (Wildman–Crippen LogP) is 3.69. The third kappa shape index (κ3) is 3.63. The minimum atomic E-state index is 0.507. The van der Waals surface area contributed by atoms with E-state index < -0.39 is 0 Å². The molecular formula is C15H19Cl2NO. The Kier molecular flexibility index (Phi) is 4.33. The van der Waals surface area contributed by atoms with Gasteiger partial charge in [-0.2, -0.15) is 0 Å². The zero-order valence-corrected chi connectivity index (χ0v) is 12.4. The molecule has 19 heavy (non-hydrogen) atoms. The molecular weight excluding hydrogens is 281 g/mol. The fourth-order valence-corrected chi connectivity index (χ4v) is 3.23. The Morgan fingerprint density at radius 3 is 2.79 bits per heavy atom. The first-order valence-corrected chi connectivity index (χ1v) is 7.75. The van der Waals surface area contributed by atoms with Gasteiger partial charge in [0.05, 0.1) is 6.61 Å². The molecule has 104 valence electrons. The fourth-order valence-electron chi connectivity index (χ4n) is 2.74. The molecule has 0 unspecified atom stereocenters. The van der Waals surface area contributed by atoms with Crippen molar-refractivity contribution in [3.05, 3.63) is 33.8 Å². The van der Waals surface area contributed by atoms with Crippen LogP contribution in [0, 0.1) is 5.92 Å². The number of rotatable bonds is 4. The summed E-state index contributed by atoms with van der Waals surface area (Å²) in [7, 11) is 0. The Labute approximate surface area is 124 Å². The largest absolute Gasteiger partial charge is 0.381 e. The van der Waals surface area contributed by atoms with E-state index in [1.807, 2.05) is 18.2 Å². The van der Waals surface area contributed by atoms with Crippen LogP contribution in [0.4, 0.5) is 0 Å². The van der Waals surface area contributed by atoms with Gasteiger partial charge in [0.1, 0.15) is 0 Å². The van der Waals surface area contributed by atoms with Crippen LogP contribution >= 0.6 is 23.2 Å². The first-order valence-electron chi connectivity index (χ1n) is 7.00. The summed E-state index contributed by atoms with van der Waals surface area (Å²) in [6.07, 6.45) is 4.71. The maximum absolute atomic E-state index is 6.27. The molecule has 1 heterocycles. The van der Waals surface area contributed by atoms with Gasteiger partial charge in [-0.15, -0.1) is 0 Å². The smallest absolute Gasteiger partial charge is 0.0512 e. The summed E-state index contributed by atoms with van der Waals surface area (Å²) in [4.78, 5) is 0. The highest BCUT2D eigenvalue weighted by molar-refractivity contribution is 6.35. The van der Waals surface area contributed by atoms with Gasteiger partial charge >= 0.3 is 0 Å². The second kappa shape index (κ2) is 6.01. The van der Waals surface area contributed by atoms with Gasteiger partial charge in [-0.25, -0.2) is 0 Å². The molecule has 2 atom stereocenters. The molecule has 1 saturated heterocycles. The van der Waals surface area contributed by atoms with Crippen LogP contribution in [0.15, 0.2) is 18.2 Å². The molecule has 2 fully saturated rings. The molecule has 0 aromatic heterocycles. The molecule has 0 spiro atoms. The highest BCUT2D eigenvalue weighted by atomic mass is 35.5. The van der Waals surface area contributed by atoms with Crippen LogP contribution in [0.2, 0.25) is 10.0 Å². The second-order valence-corrected chi connectivity index (χ2v) is 6.45. The average Bonchev–Trinajstić information content (AvgIpc) is 3.19. The van der Waals surface area contributed by atoms with Crippen molar-refractivity contribution >= 4 is 23.2 Å². The van der Waals surface area contributed by atoms with Crippen LogP contribution in [-0.4, -0.2) is 25.3 Å². The fraction of sp³-hybridized carbons (Fsp3) is 0.600. The third-order valence-electron chi connectivity index (χ3n) is 4.00. The molecule has 1 aliphatic heterocycles. The Hall–Kier alpha value is -0.280. The average molecular weight is 300 g/mol. The van der Waals surface area contributed by atoms with Crippen LogP contribution in [0.1, 0.15) is 24.8 Å². The molecule has 0 amide bonds. The zero-order valence-electron chi connectivity index (χ0n) is 10.9. The second-order valence-electron chi connectivity index (χ2n) is 5.61. The van der Waals surface area contributed by atoms with Crippen molar-refractivity contribution in [2.75, 3.05) is 13.2 Å². The summed E-state index contributed by atoms with van der Waals surface area (Å²) in [5.41, 5.74) is 1.17. The van der Waals surface area contributed by atoms with Crippen molar-refractivity contribution in [1.29, 1.82) is 0 Å². The molecule has 0 bridgehead atoms. The first-order chi connectivity index (χ1) is 9.22. The Bertz CT molecular complexity index is 448. The van der Waals surface area contributed by atoms with Gasteiger partial charge in [-0.1, -0.05) is 29.3 Å². The van der Waals surface area contributed by atoms with E-state index in [0.29, 0.717) is 17.0 Å². The number of benzene rings is 1. The quantitative estimate of drug-likeness (QED) is 0.915. The van der Waals surface area contributed by atoms with Gasteiger partial charge in [0.15, 0.2) is 0 Å². The molecule has 2 aliphatic rings. The molecule has 4 heteroatoms. The summed E-state index contributed by atoms with van der Waals surface area (Å²) in [6, 6.07) is 7.08. The Balaban J connectivity index is 1.68. The van der Waals surface area contributed by atoms with Crippen LogP contribution in [0.3, 0.4) is 0 Å². The number of halogens is 2. The molecule has 1 aromatic carbocycles. The Morgan fingerprint density at radius 1 is 1.21 bits per heavy atom. The molecule has 3 rings (SSSR count). The van der Waals surface area contributed by atoms with E-state index in [4.69, 9.17) is 27.9 Å². The molecule has 1 saturated carbocycles. The van der Waals surface area contributed by atoms with Crippen LogP contribution in [0.5, 0.6) is 0 Å². The van der Waals surface area contributed by atoms with Crippen LogP contribution < -0.4 is 5.32 Å². The first kappa shape index (κ1) is 13.7. The van der Waals surface area contributed by atoms with Crippen molar-refractivity contribution in [2.45, 2.75) is 37.8 Å². The number of ether oxygens (including phenoxy) is 1. The van der Waals surface area contributed by atoms with Crippen molar-refractivity contribution in [2.24, 2.45) is 5.92 Å². The monoisotopic (exact) mass is 299 g/mol. The molecule has 1 aromatic rings. The number of hydrogen-bond acceptors (Lipinski definition) is 2. The lowest BCUT2D eigenvalue weighted by atomic mass is 9.89. The van der Waals surface area contributed by atoms with Gasteiger partial charge in [-0.3, -0.25) is 0 Å². The standard InChI is InChI=1S/C15H19Cl2NO/c16-12-2-1-10(14(17)8-12)7-11-9-19-6-5-15(11)18-13-3-4-13/h1-2,8,11,13,15,18H,3-7,9H2/t11-,15-/m0/s1. The zero-order chi connectivity index (χ0) is 13.2. The summed E-state index contributed by atoms with van der Waals surface area (Å²) < 4.78 is 5.64. The highest BCUT2D eigenvalue weighted by Gasteiger charge is 2.31. The summed E-state index contributed by atoms with van der Waals surface area (Å²) in [6.45, 7) is 1.69. The maximum Gasteiger partial charge on any atom is 0.0512 e. The lowest BCUT2D eigenvalue weighted by Crippen LogP contribution is -2.44. The van der Waals surface area contributed by atoms with Gasteiger partial charge in [0, 0.05) is 34.7 Å². The predicted molar refractivity (Wildman–Crippen MR) is 79.0 cm³/mol. The minimum absolute atomic E-state index is 0.507. The number of hydrogen-bond donors (Lipinski definition) is 1. The Morgan fingerprint density at radius 2 is 2.05 bits per heavy atom. The minimum Gasteiger partial charge on any atom is -0.381 e. The molecule has 1 N–H and O–H groups in total. The van der Waals surface area contributed by atoms with E-state index >= 15 is 0 Å². The molecule has 1 aliphatic carbocycles. The van der Waals surface area contributed by atoms with E-state index in [2.05, 4.69) is 5.32 Å². The maximum atomic E-state index is 6.27. The molecule has 2 nitrogen and oxygen atoms in total. The highest BCUT2D eigenvalue weighted by Crippen LogP contribution is 2.29. The lowest BCUT2D eigenvalue weighted by molar-refractivity contribution is 0.0316. The topological polar surface area (TPSA) is 21.3 Å². The van der Waals surface area contributed by atoms with E-state index in [9.17, 15) is 0 Å². The lowest BCUT2D eigenvalue weighted by Gasteiger charge is -2.32. The number of nitrogens with one attached hydrogen (secondary N) is 1. The SMILES string of the molecule is Clc1ccc(C[C@H]2COCC[C@@H]2NC2CC2)c(Cl)c1. The van der Waals surface area contributed by atoms with E-state index in [0.717, 1.165) is 37.1 Å².